The SMILES string of the molecule is Cc1ccccc1-c1sc(-c2csc3ccccc23)c2ccccc12. The van der Waals surface area contributed by atoms with Crippen molar-refractivity contribution < 1.29 is 0 Å². The molecule has 0 nitrogen and oxygen atoms in total. The predicted molar refractivity (Wildman–Crippen MR) is 113 cm³/mol. The van der Waals surface area contributed by atoms with Crippen LogP contribution in [0, 0.1) is 6.92 Å². The highest BCUT2D eigenvalue weighted by Gasteiger charge is 2.17. The summed E-state index contributed by atoms with van der Waals surface area (Å²) in [6.45, 7) is 2.20. The summed E-state index contributed by atoms with van der Waals surface area (Å²) in [5, 5.41) is 6.38. The second-order valence-electron chi connectivity index (χ2n) is 6.27. The van der Waals surface area contributed by atoms with Gasteiger partial charge in [-0.2, -0.15) is 0 Å². The van der Waals surface area contributed by atoms with Crippen molar-refractivity contribution in [3.05, 3.63) is 83.7 Å². The van der Waals surface area contributed by atoms with E-state index < -0.39 is 0 Å². The smallest absolute Gasteiger partial charge is 0.0442 e. The number of hydrogen-bond donors (Lipinski definition) is 0. The number of benzene rings is 3. The van der Waals surface area contributed by atoms with Crippen molar-refractivity contribution in [2.75, 3.05) is 0 Å². The summed E-state index contributed by atoms with van der Waals surface area (Å²) in [4.78, 5) is 2.75. The molecule has 0 aliphatic rings. The highest BCUT2D eigenvalue weighted by Crippen LogP contribution is 2.47. The van der Waals surface area contributed by atoms with Gasteiger partial charge in [0.15, 0.2) is 0 Å². The second kappa shape index (κ2) is 5.83. The Morgan fingerprint density at radius 2 is 1.20 bits per heavy atom. The van der Waals surface area contributed by atoms with Gasteiger partial charge in [0.2, 0.25) is 0 Å². The average molecular weight is 357 g/mol. The lowest BCUT2D eigenvalue weighted by Crippen LogP contribution is -1.79. The van der Waals surface area contributed by atoms with Crippen LogP contribution < -0.4 is 0 Å². The molecular formula is C23H16S2. The van der Waals surface area contributed by atoms with Gasteiger partial charge in [-0.1, -0.05) is 66.7 Å². The van der Waals surface area contributed by atoms with Crippen molar-refractivity contribution in [2.45, 2.75) is 6.92 Å². The molecule has 0 fully saturated rings. The van der Waals surface area contributed by atoms with E-state index in [9.17, 15) is 0 Å². The molecule has 0 radical (unpaired) electrons. The van der Waals surface area contributed by atoms with E-state index in [1.165, 1.54) is 47.3 Å². The lowest BCUT2D eigenvalue weighted by Gasteiger charge is -2.03. The molecule has 0 N–H and O–H groups in total. The molecule has 0 spiro atoms. The molecule has 0 saturated carbocycles. The Hall–Kier alpha value is -2.42. The molecule has 2 heteroatoms. The van der Waals surface area contributed by atoms with E-state index in [-0.39, 0.29) is 0 Å². The van der Waals surface area contributed by atoms with Crippen LogP contribution in [0.25, 0.3) is 41.7 Å². The Balaban J connectivity index is 1.85. The molecule has 2 heterocycles. The van der Waals surface area contributed by atoms with Crippen LogP contribution in [-0.2, 0) is 0 Å². The first kappa shape index (κ1) is 14.9. The van der Waals surface area contributed by atoms with Crippen molar-refractivity contribution >= 4 is 43.5 Å². The summed E-state index contributed by atoms with van der Waals surface area (Å²) in [7, 11) is 0. The van der Waals surface area contributed by atoms with Crippen molar-refractivity contribution in [2.24, 2.45) is 0 Å². The average Bonchev–Trinajstić information content (AvgIpc) is 3.24. The standard InChI is InChI=1S/C23H16S2/c1-15-8-2-3-9-16(15)22-18-11-4-5-12-19(18)23(25-22)20-14-24-21-13-7-6-10-17(20)21/h2-14H,1H3. The summed E-state index contributed by atoms with van der Waals surface area (Å²) >= 11 is 3.75. The first-order chi connectivity index (χ1) is 12.3. The van der Waals surface area contributed by atoms with E-state index in [0.717, 1.165) is 0 Å². The zero-order valence-electron chi connectivity index (χ0n) is 13.8. The molecule has 0 atom stereocenters. The van der Waals surface area contributed by atoms with E-state index in [4.69, 9.17) is 0 Å². The number of hydrogen-bond acceptors (Lipinski definition) is 2. The fraction of sp³-hybridized carbons (Fsp3) is 0.0435. The van der Waals surface area contributed by atoms with Gasteiger partial charge in [0.05, 0.1) is 0 Å². The van der Waals surface area contributed by atoms with Crippen LogP contribution in [0.1, 0.15) is 5.56 Å². The summed E-state index contributed by atoms with van der Waals surface area (Å²) in [5.74, 6) is 0. The minimum Gasteiger partial charge on any atom is -0.143 e. The fourth-order valence-electron chi connectivity index (χ4n) is 3.47. The van der Waals surface area contributed by atoms with Crippen LogP contribution in [0.5, 0.6) is 0 Å². The highest BCUT2D eigenvalue weighted by atomic mass is 32.1. The molecule has 25 heavy (non-hydrogen) atoms. The van der Waals surface area contributed by atoms with Gasteiger partial charge in [0.1, 0.15) is 0 Å². The second-order valence-corrected chi connectivity index (χ2v) is 8.20. The predicted octanol–water partition coefficient (Wildman–Crippen LogP) is 7.76. The molecule has 120 valence electrons. The normalized spacial score (nSPS) is 11.4. The van der Waals surface area contributed by atoms with Crippen LogP contribution >= 0.6 is 22.7 Å². The molecule has 5 rings (SSSR count). The molecule has 5 aromatic rings. The van der Waals surface area contributed by atoms with E-state index in [0.29, 0.717) is 0 Å². The van der Waals surface area contributed by atoms with Gasteiger partial charge in [0, 0.05) is 41.6 Å². The molecule has 3 aromatic carbocycles. The molecule has 0 unspecified atom stereocenters. The summed E-state index contributed by atoms with van der Waals surface area (Å²) in [6.07, 6.45) is 0. The quantitative estimate of drug-likeness (QED) is 0.303. The van der Waals surface area contributed by atoms with E-state index in [1.54, 1.807) is 0 Å². The monoisotopic (exact) mass is 356 g/mol. The lowest BCUT2D eigenvalue weighted by atomic mass is 10.0. The van der Waals surface area contributed by atoms with Gasteiger partial charge in [-0.25, -0.2) is 0 Å². The molecule has 0 amide bonds. The van der Waals surface area contributed by atoms with Crippen molar-refractivity contribution in [3.8, 4) is 20.9 Å². The fourth-order valence-corrected chi connectivity index (χ4v) is 5.90. The molecule has 0 aliphatic heterocycles. The van der Waals surface area contributed by atoms with E-state index in [2.05, 4.69) is 85.1 Å². The Bertz CT molecular complexity index is 1210. The minimum atomic E-state index is 1.33. The lowest BCUT2D eigenvalue weighted by molar-refractivity contribution is 1.48. The highest BCUT2D eigenvalue weighted by molar-refractivity contribution is 7.22. The number of fused-ring (bicyclic) bond motifs is 2. The maximum absolute atomic E-state index is 2.31. The topological polar surface area (TPSA) is 0 Å². The molecule has 0 bridgehead atoms. The van der Waals surface area contributed by atoms with E-state index in [1.807, 2.05) is 22.7 Å². The summed E-state index contributed by atoms with van der Waals surface area (Å²) < 4.78 is 1.35. The van der Waals surface area contributed by atoms with Crippen molar-refractivity contribution in [1.29, 1.82) is 0 Å². The number of rotatable bonds is 2. The molecule has 2 aromatic heterocycles. The van der Waals surface area contributed by atoms with Gasteiger partial charge in [-0.15, -0.1) is 22.7 Å². The number of thiophene rings is 2. The zero-order valence-corrected chi connectivity index (χ0v) is 15.5. The maximum atomic E-state index is 2.31. The van der Waals surface area contributed by atoms with Gasteiger partial charge in [-0.05, 0) is 24.1 Å². The number of aryl methyl sites for hydroxylation is 1. The third-order valence-corrected chi connectivity index (χ3v) is 6.99. The van der Waals surface area contributed by atoms with Gasteiger partial charge < -0.3 is 0 Å². The first-order valence-corrected chi connectivity index (χ1v) is 10.1. The zero-order chi connectivity index (χ0) is 16.8. The molecular weight excluding hydrogens is 340 g/mol. The Morgan fingerprint density at radius 1 is 0.600 bits per heavy atom. The molecule has 0 aliphatic carbocycles. The Kier molecular flexibility index (Phi) is 3.47. The van der Waals surface area contributed by atoms with Gasteiger partial charge >= 0.3 is 0 Å². The van der Waals surface area contributed by atoms with Crippen molar-refractivity contribution in [1.82, 2.24) is 0 Å². The summed E-state index contributed by atoms with van der Waals surface area (Å²) in [6, 6.07) is 26.2. The Morgan fingerprint density at radius 3 is 1.96 bits per heavy atom. The van der Waals surface area contributed by atoms with Crippen LogP contribution in [0.2, 0.25) is 0 Å². The van der Waals surface area contributed by atoms with Crippen LogP contribution in [0.15, 0.2) is 78.2 Å². The van der Waals surface area contributed by atoms with Gasteiger partial charge in [-0.3, -0.25) is 0 Å². The Labute approximate surface area is 155 Å². The maximum Gasteiger partial charge on any atom is 0.0442 e. The molecule has 0 saturated heterocycles. The van der Waals surface area contributed by atoms with Gasteiger partial charge in [0.25, 0.3) is 0 Å². The largest absolute Gasteiger partial charge is 0.143 e. The third kappa shape index (κ3) is 2.33. The minimum absolute atomic E-state index is 1.33. The van der Waals surface area contributed by atoms with Crippen LogP contribution in [-0.4, -0.2) is 0 Å². The van der Waals surface area contributed by atoms with E-state index >= 15 is 0 Å². The third-order valence-electron chi connectivity index (χ3n) is 4.74. The van der Waals surface area contributed by atoms with Crippen LogP contribution in [0.4, 0.5) is 0 Å². The first-order valence-electron chi connectivity index (χ1n) is 8.37. The summed E-state index contributed by atoms with van der Waals surface area (Å²) in [5.41, 5.74) is 4.03. The van der Waals surface area contributed by atoms with Crippen LogP contribution in [0.3, 0.4) is 0 Å². The van der Waals surface area contributed by atoms with Crippen molar-refractivity contribution in [3.63, 3.8) is 0 Å².